The van der Waals surface area contributed by atoms with Crippen molar-refractivity contribution in [3.05, 3.63) is 23.3 Å². The summed E-state index contributed by atoms with van der Waals surface area (Å²) in [7, 11) is 0. The van der Waals surface area contributed by atoms with Crippen LogP contribution in [0.15, 0.2) is 6.20 Å². The standard InChI is InChI=1S/C16H26N4O/c1-6-14-10-19(7-8-20(14)11(2)3)16(21)15-9-17-13(5)18-12(15)4/h9,11,14H,6-8,10H2,1-5H3. The number of carbonyl (C=O) groups is 1. The lowest BCUT2D eigenvalue weighted by atomic mass is 10.1. The normalized spacial score (nSPS) is 20.1. The molecule has 0 aliphatic carbocycles. The molecule has 1 aromatic rings. The molecule has 1 atom stereocenters. The first kappa shape index (κ1) is 15.9. The summed E-state index contributed by atoms with van der Waals surface area (Å²) < 4.78 is 0. The Bertz CT molecular complexity index is 515. The largest absolute Gasteiger partial charge is 0.336 e. The highest BCUT2D eigenvalue weighted by Crippen LogP contribution is 2.18. The fourth-order valence-electron chi connectivity index (χ4n) is 3.06. The molecule has 2 rings (SSSR count). The van der Waals surface area contributed by atoms with E-state index in [9.17, 15) is 4.79 Å². The van der Waals surface area contributed by atoms with E-state index >= 15 is 0 Å². The van der Waals surface area contributed by atoms with Crippen molar-refractivity contribution in [2.24, 2.45) is 0 Å². The van der Waals surface area contributed by atoms with Gasteiger partial charge in [-0.05, 0) is 34.1 Å². The smallest absolute Gasteiger partial charge is 0.257 e. The summed E-state index contributed by atoms with van der Waals surface area (Å²) in [5.74, 6) is 0.773. The predicted octanol–water partition coefficient (Wildman–Crippen LogP) is 2.04. The molecule has 1 amide bonds. The van der Waals surface area contributed by atoms with Gasteiger partial charge in [0.05, 0.1) is 11.3 Å². The van der Waals surface area contributed by atoms with Crippen LogP contribution >= 0.6 is 0 Å². The Morgan fingerprint density at radius 2 is 2.10 bits per heavy atom. The van der Waals surface area contributed by atoms with Crippen LogP contribution in [0.25, 0.3) is 0 Å². The van der Waals surface area contributed by atoms with E-state index in [2.05, 4.69) is 35.6 Å². The Labute approximate surface area is 127 Å². The van der Waals surface area contributed by atoms with Gasteiger partial charge in [0.25, 0.3) is 5.91 Å². The summed E-state index contributed by atoms with van der Waals surface area (Å²) in [4.78, 5) is 25.6. The summed E-state index contributed by atoms with van der Waals surface area (Å²) in [6, 6.07) is 0.964. The fraction of sp³-hybridized carbons (Fsp3) is 0.688. The number of rotatable bonds is 3. The lowest BCUT2D eigenvalue weighted by Gasteiger charge is -2.43. The minimum Gasteiger partial charge on any atom is -0.336 e. The van der Waals surface area contributed by atoms with E-state index in [-0.39, 0.29) is 5.91 Å². The van der Waals surface area contributed by atoms with E-state index in [0.717, 1.165) is 31.7 Å². The number of aryl methyl sites for hydroxylation is 2. The zero-order valence-corrected chi connectivity index (χ0v) is 13.8. The molecule has 0 aromatic carbocycles. The van der Waals surface area contributed by atoms with Crippen LogP contribution in [0.2, 0.25) is 0 Å². The monoisotopic (exact) mass is 290 g/mol. The van der Waals surface area contributed by atoms with Gasteiger partial charge in [0.1, 0.15) is 5.82 Å². The van der Waals surface area contributed by atoms with Crippen molar-refractivity contribution in [1.82, 2.24) is 19.8 Å². The van der Waals surface area contributed by atoms with Crippen molar-refractivity contribution in [3.63, 3.8) is 0 Å². The molecule has 1 aromatic heterocycles. The number of hydrogen-bond acceptors (Lipinski definition) is 4. The molecular formula is C16H26N4O. The average molecular weight is 290 g/mol. The van der Waals surface area contributed by atoms with Gasteiger partial charge in [0.2, 0.25) is 0 Å². The van der Waals surface area contributed by atoms with Crippen LogP contribution in [0, 0.1) is 13.8 Å². The first-order valence-corrected chi connectivity index (χ1v) is 7.79. The molecule has 0 N–H and O–H groups in total. The van der Waals surface area contributed by atoms with Crippen molar-refractivity contribution in [3.8, 4) is 0 Å². The maximum absolute atomic E-state index is 12.7. The van der Waals surface area contributed by atoms with Crippen molar-refractivity contribution < 1.29 is 4.79 Å². The molecule has 1 saturated heterocycles. The molecule has 1 aliphatic heterocycles. The van der Waals surface area contributed by atoms with Crippen LogP contribution in [-0.2, 0) is 0 Å². The molecule has 116 valence electrons. The number of hydrogen-bond donors (Lipinski definition) is 0. The van der Waals surface area contributed by atoms with Crippen LogP contribution in [0.4, 0.5) is 0 Å². The highest BCUT2D eigenvalue weighted by molar-refractivity contribution is 5.95. The third-order valence-electron chi connectivity index (χ3n) is 4.28. The minimum absolute atomic E-state index is 0.0642. The molecule has 5 nitrogen and oxygen atoms in total. The summed E-state index contributed by atoms with van der Waals surface area (Å²) in [6.45, 7) is 12.9. The third-order valence-corrected chi connectivity index (χ3v) is 4.28. The van der Waals surface area contributed by atoms with Gasteiger partial charge in [0.15, 0.2) is 0 Å². The maximum atomic E-state index is 12.7. The second-order valence-electron chi connectivity index (χ2n) is 6.06. The van der Waals surface area contributed by atoms with Gasteiger partial charge in [0, 0.05) is 37.9 Å². The topological polar surface area (TPSA) is 49.3 Å². The van der Waals surface area contributed by atoms with Gasteiger partial charge in [-0.2, -0.15) is 0 Å². The molecule has 0 spiro atoms. The van der Waals surface area contributed by atoms with Crippen molar-refractivity contribution in [2.75, 3.05) is 19.6 Å². The first-order valence-electron chi connectivity index (χ1n) is 7.79. The molecular weight excluding hydrogens is 264 g/mol. The summed E-state index contributed by atoms with van der Waals surface area (Å²) >= 11 is 0. The Hall–Kier alpha value is -1.49. The van der Waals surface area contributed by atoms with Gasteiger partial charge < -0.3 is 4.90 Å². The molecule has 21 heavy (non-hydrogen) atoms. The number of aromatic nitrogens is 2. The van der Waals surface area contributed by atoms with E-state index in [1.54, 1.807) is 6.20 Å². The number of carbonyl (C=O) groups excluding carboxylic acids is 1. The summed E-state index contributed by atoms with van der Waals surface area (Å²) in [5, 5.41) is 0. The Morgan fingerprint density at radius 1 is 1.38 bits per heavy atom. The molecule has 1 fully saturated rings. The van der Waals surface area contributed by atoms with Crippen molar-refractivity contribution >= 4 is 5.91 Å². The van der Waals surface area contributed by atoms with E-state index in [1.807, 2.05) is 18.7 Å². The first-order chi connectivity index (χ1) is 9.93. The van der Waals surface area contributed by atoms with Crippen LogP contribution in [0.1, 0.15) is 49.1 Å². The zero-order chi connectivity index (χ0) is 15.6. The van der Waals surface area contributed by atoms with Crippen LogP contribution in [0.3, 0.4) is 0 Å². The summed E-state index contributed by atoms with van der Waals surface area (Å²) in [5.41, 5.74) is 1.40. The molecule has 0 bridgehead atoms. The van der Waals surface area contributed by atoms with E-state index in [4.69, 9.17) is 0 Å². The second-order valence-corrected chi connectivity index (χ2v) is 6.06. The van der Waals surface area contributed by atoms with Gasteiger partial charge in [-0.15, -0.1) is 0 Å². The molecule has 1 aliphatic rings. The number of piperazine rings is 1. The summed E-state index contributed by atoms with van der Waals surface area (Å²) in [6.07, 6.45) is 2.72. The maximum Gasteiger partial charge on any atom is 0.257 e. The fourth-order valence-corrected chi connectivity index (χ4v) is 3.06. The Morgan fingerprint density at radius 3 is 2.67 bits per heavy atom. The van der Waals surface area contributed by atoms with E-state index < -0.39 is 0 Å². The van der Waals surface area contributed by atoms with Crippen molar-refractivity contribution in [2.45, 2.75) is 53.1 Å². The number of amides is 1. The van der Waals surface area contributed by atoms with Gasteiger partial charge in [-0.3, -0.25) is 9.69 Å². The molecule has 5 heteroatoms. The molecule has 2 heterocycles. The molecule has 0 radical (unpaired) electrons. The van der Waals surface area contributed by atoms with Gasteiger partial charge in [-0.1, -0.05) is 6.92 Å². The van der Waals surface area contributed by atoms with Crippen LogP contribution in [0.5, 0.6) is 0 Å². The Kier molecular flexibility index (Phi) is 4.93. The molecule has 0 saturated carbocycles. The van der Waals surface area contributed by atoms with E-state index in [0.29, 0.717) is 23.5 Å². The Balaban J connectivity index is 2.14. The molecule has 1 unspecified atom stereocenters. The second kappa shape index (κ2) is 6.52. The lowest BCUT2D eigenvalue weighted by Crippen LogP contribution is -2.56. The van der Waals surface area contributed by atoms with Crippen LogP contribution < -0.4 is 0 Å². The quantitative estimate of drug-likeness (QED) is 0.855. The minimum atomic E-state index is 0.0642. The zero-order valence-electron chi connectivity index (χ0n) is 13.8. The van der Waals surface area contributed by atoms with Gasteiger partial charge in [-0.25, -0.2) is 9.97 Å². The van der Waals surface area contributed by atoms with E-state index in [1.165, 1.54) is 0 Å². The van der Waals surface area contributed by atoms with Gasteiger partial charge >= 0.3 is 0 Å². The average Bonchev–Trinajstić information content (AvgIpc) is 2.45. The predicted molar refractivity (Wildman–Crippen MR) is 83.3 cm³/mol. The SMILES string of the molecule is CCC1CN(C(=O)c2cnc(C)nc2C)CCN1C(C)C. The third kappa shape index (κ3) is 3.40. The van der Waals surface area contributed by atoms with Crippen molar-refractivity contribution in [1.29, 1.82) is 0 Å². The number of nitrogens with zero attached hydrogens (tertiary/aromatic N) is 4. The lowest BCUT2D eigenvalue weighted by molar-refractivity contribution is 0.0370. The highest BCUT2D eigenvalue weighted by atomic mass is 16.2. The van der Waals surface area contributed by atoms with Crippen LogP contribution in [-0.4, -0.2) is 57.4 Å². The highest BCUT2D eigenvalue weighted by Gasteiger charge is 2.30.